The van der Waals surface area contributed by atoms with Crippen molar-refractivity contribution in [3.63, 3.8) is 0 Å². The molecule has 1 amide bonds. The summed E-state index contributed by atoms with van der Waals surface area (Å²) in [6.45, 7) is 4.09. The van der Waals surface area contributed by atoms with Crippen molar-refractivity contribution < 1.29 is 9.53 Å². The molecule has 0 bridgehead atoms. The number of carbonyl (C=O) groups is 1. The monoisotopic (exact) mass is 429 g/mol. The fraction of sp³-hybridized carbons (Fsp3) is 0.174. The van der Waals surface area contributed by atoms with Crippen LogP contribution in [0.2, 0.25) is 0 Å². The van der Waals surface area contributed by atoms with Crippen LogP contribution in [0.3, 0.4) is 0 Å². The highest BCUT2D eigenvalue weighted by molar-refractivity contribution is 6.04. The summed E-state index contributed by atoms with van der Waals surface area (Å²) in [5.41, 5.74) is 1.86. The molecule has 3 aromatic heterocycles. The van der Waals surface area contributed by atoms with Crippen molar-refractivity contribution in [1.29, 1.82) is 0 Å². The van der Waals surface area contributed by atoms with Crippen molar-refractivity contribution >= 4 is 23.2 Å². The molecular weight excluding hydrogens is 406 g/mol. The summed E-state index contributed by atoms with van der Waals surface area (Å²) in [7, 11) is 1.59. The first-order valence-corrected chi connectivity index (χ1v) is 10.1. The fourth-order valence-electron chi connectivity index (χ4n) is 3.08. The number of carbonyl (C=O) groups excluding carboxylic acids is 1. The number of nitrogens with zero attached hydrogens (tertiary/aromatic N) is 5. The molecule has 0 radical (unpaired) electrons. The number of hydrogen-bond donors (Lipinski definition) is 2. The van der Waals surface area contributed by atoms with Gasteiger partial charge in [0.05, 0.1) is 13.3 Å². The maximum atomic E-state index is 12.8. The van der Waals surface area contributed by atoms with E-state index in [0.717, 1.165) is 5.69 Å². The van der Waals surface area contributed by atoms with Crippen LogP contribution < -0.4 is 15.4 Å². The summed E-state index contributed by atoms with van der Waals surface area (Å²) in [4.78, 5) is 21.6. The van der Waals surface area contributed by atoms with Crippen molar-refractivity contribution in [2.45, 2.75) is 19.9 Å². The van der Waals surface area contributed by atoms with E-state index in [2.05, 4.69) is 30.8 Å². The molecule has 162 valence electrons. The summed E-state index contributed by atoms with van der Waals surface area (Å²) < 4.78 is 7.05. The Hall–Kier alpha value is -4.27. The van der Waals surface area contributed by atoms with E-state index >= 15 is 0 Å². The van der Waals surface area contributed by atoms with Gasteiger partial charge in [-0.15, -0.1) is 10.2 Å². The lowest BCUT2D eigenvalue weighted by atomic mass is 10.2. The highest BCUT2D eigenvalue weighted by Crippen LogP contribution is 2.21. The van der Waals surface area contributed by atoms with Gasteiger partial charge in [0.25, 0.3) is 5.91 Å². The number of pyridine rings is 2. The third-order valence-electron chi connectivity index (χ3n) is 4.72. The first-order valence-electron chi connectivity index (χ1n) is 10.1. The summed E-state index contributed by atoms with van der Waals surface area (Å²) in [6.07, 6.45) is 3.29. The quantitative estimate of drug-likeness (QED) is 0.450. The molecule has 0 unspecified atom stereocenters. The predicted molar refractivity (Wildman–Crippen MR) is 122 cm³/mol. The van der Waals surface area contributed by atoms with Crippen LogP contribution in [0.5, 0.6) is 5.75 Å². The Morgan fingerprint density at radius 2 is 1.91 bits per heavy atom. The fourth-order valence-corrected chi connectivity index (χ4v) is 3.08. The van der Waals surface area contributed by atoms with Crippen LogP contribution in [0.25, 0.3) is 11.5 Å². The average Bonchev–Trinajstić information content (AvgIpc) is 3.30. The predicted octanol–water partition coefficient (Wildman–Crippen LogP) is 4.32. The Morgan fingerprint density at radius 1 is 1.06 bits per heavy atom. The molecule has 3 heterocycles. The molecule has 9 nitrogen and oxygen atoms in total. The molecular formula is C23H23N7O2. The second kappa shape index (κ2) is 9.25. The number of anilines is 3. The minimum Gasteiger partial charge on any atom is -0.495 e. The molecule has 2 N–H and O–H groups in total. The number of methoxy groups -OCH3 is 1. The van der Waals surface area contributed by atoms with Crippen molar-refractivity contribution in [3.05, 3.63) is 72.7 Å². The van der Waals surface area contributed by atoms with E-state index in [4.69, 9.17) is 4.74 Å². The number of ether oxygens (including phenoxy) is 1. The molecule has 32 heavy (non-hydrogen) atoms. The maximum absolute atomic E-state index is 12.8. The molecule has 0 aliphatic rings. The third-order valence-corrected chi connectivity index (χ3v) is 4.72. The number of hydrogen-bond acceptors (Lipinski definition) is 7. The topological polar surface area (TPSA) is 107 Å². The molecule has 4 aromatic rings. The van der Waals surface area contributed by atoms with E-state index in [1.165, 1.54) is 0 Å². The van der Waals surface area contributed by atoms with Gasteiger partial charge < -0.3 is 19.9 Å². The molecule has 0 aliphatic heterocycles. The van der Waals surface area contributed by atoms with E-state index in [9.17, 15) is 4.79 Å². The van der Waals surface area contributed by atoms with Crippen LogP contribution in [0.1, 0.15) is 30.2 Å². The molecule has 0 saturated carbocycles. The molecule has 9 heteroatoms. The molecule has 0 spiro atoms. The van der Waals surface area contributed by atoms with Crippen LogP contribution in [0, 0.1) is 0 Å². The van der Waals surface area contributed by atoms with Gasteiger partial charge in [-0.2, -0.15) is 0 Å². The lowest BCUT2D eigenvalue weighted by Crippen LogP contribution is -2.13. The van der Waals surface area contributed by atoms with Crippen molar-refractivity contribution in [3.8, 4) is 17.3 Å². The number of amides is 1. The van der Waals surface area contributed by atoms with Crippen molar-refractivity contribution in [2.75, 3.05) is 17.7 Å². The average molecular weight is 429 g/mol. The summed E-state index contributed by atoms with van der Waals surface area (Å²) in [6, 6.07) is 16.4. The van der Waals surface area contributed by atoms with Gasteiger partial charge in [-0.05, 0) is 56.3 Å². The van der Waals surface area contributed by atoms with E-state index < -0.39 is 0 Å². The van der Waals surface area contributed by atoms with Gasteiger partial charge in [-0.3, -0.25) is 4.79 Å². The van der Waals surface area contributed by atoms with Crippen LogP contribution in [0.15, 0.2) is 67.1 Å². The lowest BCUT2D eigenvalue weighted by molar-refractivity contribution is 0.102. The van der Waals surface area contributed by atoms with Gasteiger partial charge in [0, 0.05) is 17.3 Å². The lowest BCUT2D eigenvalue weighted by Gasteiger charge is -2.11. The first kappa shape index (κ1) is 21.0. The molecule has 4 rings (SSSR count). The molecule has 0 fully saturated rings. The smallest absolute Gasteiger partial charge is 0.256 e. The Morgan fingerprint density at radius 3 is 2.66 bits per heavy atom. The Bertz CT molecular complexity index is 1220. The number of nitrogens with one attached hydrogen (secondary N) is 2. The standard InChI is InChI=1S/C23H23N7O2/c1-15(2)30-14-25-29-22(30)19-8-5-9-21(27-19)28-23(31)16-6-4-7-17(12-16)26-20-11-10-18(32-3)13-24-20/h4-15H,1-3H3,(H,24,26)(H,27,28,31). The maximum Gasteiger partial charge on any atom is 0.256 e. The number of benzene rings is 1. The molecule has 1 aromatic carbocycles. The normalized spacial score (nSPS) is 10.8. The van der Waals surface area contributed by atoms with Crippen molar-refractivity contribution in [2.24, 2.45) is 0 Å². The van der Waals surface area contributed by atoms with E-state index in [1.807, 2.05) is 42.7 Å². The molecule has 0 saturated heterocycles. The second-order valence-corrected chi connectivity index (χ2v) is 7.31. The highest BCUT2D eigenvalue weighted by atomic mass is 16.5. The van der Waals surface area contributed by atoms with Crippen LogP contribution in [-0.4, -0.2) is 37.7 Å². The minimum absolute atomic E-state index is 0.190. The SMILES string of the molecule is COc1ccc(Nc2cccc(C(=O)Nc3cccc(-c4nncn4C(C)C)n3)c2)nc1. The summed E-state index contributed by atoms with van der Waals surface area (Å²) in [5, 5.41) is 14.2. The first-order chi connectivity index (χ1) is 15.5. The van der Waals surface area contributed by atoms with Gasteiger partial charge in [0.15, 0.2) is 5.82 Å². The Labute approximate surface area is 185 Å². The molecule has 0 atom stereocenters. The Kier molecular flexibility index (Phi) is 6.07. The van der Waals surface area contributed by atoms with Gasteiger partial charge in [-0.25, -0.2) is 9.97 Å². The van der Waals surface area contributed by atoms with Gasteiger partial charge in [0.2, 0.25) is 0 Å². The highest BCUT2D eigenvalue weighted by Gasteiger charge is 2.13. The zero-order valence-electron chi connectivity index (χ0n) is 18.0. The van der Waals surface area contributed by atoms with Crippen molar-refractivity contribution in [1.82, 2.24) is 24.7 Å². The number of aromatic nitrogens is 5. The van der Waals surface area contributed by atoms with Crippen LogP contribution in [0.4, 0.5) is 17.3 Å². The van der Waals surface area contributed by atoms with E-state index in [0.29, 0.717) is 34.5 Å². The summed E-state index contributed by atoms with van der Waals surface area (Å²) >= 11 is 0. The van der Waals surface area contributed by atoms with E-state index in [1.54, 1.807) is 50.0 Å². The van der Waals surface area contributed by atoms with Gasteiger partial charge in [0.1, 0.15) is 29.4 Å². The second-order valence-electron chi connectivity index (χ2n) is 7.31. The zero-order valence-corrected chi connectivity index (χ0v) is 18.0. The zero-order chi connectivity index (χ0) is 22.5. The Balaban J connectivity index is 1.49. The largest absolute Gasteiger partial charge is 0.495 e. The summed E-state index contributed by atoms with van der Waals surface area (Å²) in [5.74, 6) is 2.12. The van der Waals surface area contributed by atoms with Gasteiger partial charge >= 0.3 is 0 Å². The van der Waals surface area contributed by atoms with Crippen LogP contribution in [-0.2, 0) is 0 Å². The van der Waals surface area contributed by atoms with Crippen LogP contribution >= 0.6 is 0 Å². The van der Waals surface area contributed by atoms with E-state index in [-0.39, 0.29) is 11.9 Å². The van der Waals surface area contributed by atoms with Gasteiger partial charge in [-0.1, -0.05) is 12.1 Å². The number of rotatable bonds is 7. The molecule has 0 aliphatic carbocycles. The third kappa shape index (κ3) is 4.72. The minimum atomic E-state index is -0.272.